The van der Waals surface area contributed by atoms with Gasteiger partial charge in [-0.25, -0.2) is 13.1 Å². The summed E-state index contributed by atoms with van der Waals surface area (Å²) in [4.78, 5) is 0.288. The fraction of sp³-hybridized carbons (Fsp3) is 0.250. The van der Waals surface area contributed by atoms with Gasteiger partial charge in [-0.3, -0.25) is 0 Å². The lowest BCUT2D eigenvalue weighted by Crippen LogP contribution is -2.21. The van der Waals surface area contributed by atoms with Crippen LogP contribution < -0.4 is 10.0 Å². The van der Waals surface area contributed by atoms with Gasteiger partial charge in [0.2, 0.25) is 10.0 Å². The standard InChI is InChI=1S/C16H20N2O2S/c1-13(18-12-14-7-4-3-5-8-14)15-9-6-10-16(11-15)21(19,20)17-2/h3-11,13,17-18H,12H2,1-2H3/t13-/m1/s1. The normalized spacial score (nSPS) is 13.0. The maximum absolute atomic E-state index is 11.8. The molecule has 2 aromatic carbocycles. The van der Waals surface area contributed by atoms with Crippen molar-refractivity contribution >= 4 is 10.0 Å². The van der Waals surface area contributed by atoms with E-state index in [0.717, 1.165) is 12.1 Å². The van der Waals surface area contributed by atoms with Gasteiger partial charge in [-0.15, -0.1) is 0 Å². The van der Waals surface area contributed by atoms with Crippen LogP contribution in [0.25, 0.3) is 0 Å². The van der Waals surface area contributed by atoms with E-state index >= 15 is 0 Å². The van der Waals surface area contributed by atoms with Crippen molar-refractivity contribution in [1.29, 1.82) is 0 Å². The molecule has 5 heteroatoms. The molecule has 2 N–H and O–H groups in total. The minimum absolute atomic E-state index is 0.0669. The van der Waals surface area contributed by atoms with Crippen molar-refractivity contribution in [2.75, 3.05) is 7.05 Å². The summed E-state index contributed by atoms with van der Waals surface area (Å²) in [5.41, 5.74) is 2.14. The Kier molecular flexibility index (Phi) is 5.12. The lowest BCUT2D eigenvalue weighted by atomic mass is 10.1. The SMILES string of the molecule is CNS(=O)(=O)c1cccc([C@@H](C)NCc2ccccc2)c1. The van der Waals surface area contributed by atoms with Crippen LogP contribution in [0.5, 0.6) is 0 Å². The zero-order valence-electron chi connectivity index (χ0n) is 12.2. The van der Waals surface area contributed by atoms with Crippen molar-refractivity contribution in [3.05, 3.63) is 65.7 Å². The predicted octanol–water partition coefficient (Wildman–Crippen LogP) is 2.45. The average Bonchev–Trinajstić information content (AvgIpc) is 2.53. The number of benzene rings is 2. The molecule has 2 aromatic rings. The van der Waals surface area contributed by atoms with E-state index in [9.17, 15) is 8.42 Å². The highest BCUT2D eigenvalue weighted by molar-refractivity contribution is 7.89. The Morgan fingerprint density at radius 3 is 2.43 bits per heavy atom. The summed E-state index contributed by atoms with van der Waals surface area (Å²) in [5.74, 6) is 0. The maximum Gasteiger partial charge on any atom is 0.240 e. The third kappa shape index (κ3) is 4.14. The largest absolute Gasteiger partial charge is 0.306 e. The van der Waals surface area contributed by atoms with Crippen LogP contribution in [0.2, 0.25) is 0 Å². The van der Waals surface area contributed by atoms with Crippen LogP contribution >= 0.6 is 0 Å². The van der Waals surface area contributed by atoms with Gasteiger partial charge < -0.3 is 5.32 Å². The third-order valence-electron chi connectivity index (χ3n) is 3.39. The number of hydrogen-bond donors (Lipinski definition) is 2. The number of nitrogens with one attached hydrogen (secondary N) is 2. The summed E-state index contributed by atoms with van der Waals surface area (Å²) in [7, 11) is -1.98. The molecule has 0 unspecified atom stereocenters. The van der Waals surface area contributed by atoms with Crippen LogP contribution in [0.1, 0.15) is 24.1 Å². The molecule has 112 valence electrons. The topological polar surface area (TPSA) is 58.2 Å². The molecule has 0 spiro atoms. The van der Waals surface area contributed by atoms with Crippen LogP contribution in [-0.4, -0.2) is 15.5 Å². The minimum Gasteiger partial charge on any atom is -0.306 e. The highest BCUT2D eigenvalue weighted by atomic mass is 32.2. The zero-order valence-corrected chi connectivity index (χ0v) is 13.0. The molecule has 0 aliphatic heterocycles. The van der Waals surface area contributed by atoms with Crippen molar-refractivity contribution < 1.29 is 8.42 Å². The second kappa shape index (κ2) is 6.85. The van der Waals surface area contributed by atoms with E-state index in [-0.39, 0.29) is 10.9 Å². The monoisotopic (exact) mass is 304 g/mol. The summed E-state index contributed by atoms with van der Waals surface area (Å²) in [6.45, 7) is 2.76. The van der Waals surface area contributed by atoms with Gasteiger partial charge in [0, 0.05) is 12.6 Å². The van der Waals surface area contributed by atoms with Gasteiger partial charge >= 0.3 is 0 Å². The van der Waals surface area contributed by atoms with Crippen molar-refractivity contribution in [2.45, 2.75) is 24.4 Å². The van der Waals surface area contributed by atoms with Gasteiger partial charge in [0.05, 0.1) is 4.90 Å². The van der Waals surface area contributed by atoms with E-state index < -0.39 is 10.0 Å². The fourth-order valence-corrected chi connectivity index (χ4v) is 2.84. The van der Waals surface area contributed by atoms with Crippen LogP contribution in [0, 0.1) is 0 Å². The van der Waals surface area contributed by atoms with Crippen LogP contribution in [-0.2, 0) is 16.6 Å². The van der Waals surface area contributed by atoms with Gasteiger partial charge in [0.25, 0.3) is 0 Å². The van der Waals surface area contributed by atoms with E-state index in [1.54, 1.807) is 18.2 Å². The summed E-state index contributed by atoms with van der Waals surface area (Å²) < 4.78 is 26.0. The molecular weight excluding hydrogens is 284 g/mol. The third-order valence-corrected chi connectivity index (χ3v) is 4.80. The van der Waals surface area contributed by atoms with E-state index in [1.165, 1.54) is 12.6 Å². The van der Waals surface area contributed by atoms with Gasteiger partial charge in [0.1, 0.15) is 0 Å². The predicted molar refractivity (Wildman–Crippen MR) is 84.4 cm³/mol. The molecule has 0 aromatic heterocycles. The molecule has 0 saturated carbocycles. The molecule has 0 aliphatic rings. The average molecular weight is 304 g/mol. The Hall–Kier alpha value is -1.69. The number of sulfonamides is 1. The van der Waals surface area contributed by atoms with Crippen molar-refractivity contribution in [2.24, 2.45) is 0 Å². The van der Waals surface area contributed by atoms with Gasteiger partial charge in [-0.1, -0.05) is 42.5 Å². The molecule has 0 saturated heterocycles. The Morgan fingerprint density at radius 1 is 1.05 bits per heavy atom. The fourth-order valence-electron chi connectivity index (χ4n) is 2.05. The quantitative estimate of drug-likeness (QED) is 0.862. The van der Waals surface area contributed by atoms with Gasteiger partial charge in [-0.2, -0.15) is 0 Å². The summed E-state index contributed by atoms with van der Waals surface area (Å²) in [6.07, 6.45) is 0. The van der Waals surface area contributed by atoms with E-state index in [0.29, 0.717) is 0 Å². The molecule has 4 nitrogen and oxygen atoms in total. The first kappa shape index (κ1) is 15.7. The van der Waals surface area contributed by atoms with Gasteiger partial charge in [0.15, 0.2) is 0 Å². The molecule has 21 heavy (non-hydrogen) atoms. The van der Waals surface area contributed by atoms with Crippen molar-refractivity contribution in [3.63, 3.8) is 0 Å². The highest BCUT2D eigenvalue weighted by Crippen LogP contribution is 2.17. The molecule has 0 heterocycles. The smallest absolute Gasteiger partial charge is 0.240 e. The Bertz CT molecular complexity index is 684. The molecular formula is C16H20N2O2S. The van der Waals surface area contributed by atoms with Crippen molar-refractivity contribution in [1.82, 2.24) is 10.0 Å². The van der Waals surface area contributed by atoms with Crippen LogP contribution in [0.15, 0.2) is 59.5 Å². The molecule has 0 radical (unpaired) electrons. The van der Waals surface area contributed by atoms with E-state index in [2.05, 4.69) is 22.2 Å². The van der Waals surface area contributed by atoms with Gasteiger partial charge in [-0.05, 0) is 37.2 Å². The molecule has 0 aliphatic carbocycles. The van der Waals surface area contributed by atoms with E-state index in [1.807, 2.05) is 31.2 Å². The summed E-state index contributed by atoms with van der Waals surface area (Å²) >= 11 is 0. The lowest BCUT2D eigenvalue weighted by molar-refractivity contribution is 0.571. The van der Waals surface area contributed by atoms with E-state index in [4.69, 9.17) is 0 Å². The highest BCUT2D eigenvalue weighted by Gasteiger charge is 2.13. The molecule has 1 atom stereocenters. The first-order valence-electron chi connectivity index (χ1n) is 6.84. The Morgan fingerprint density at radius 2 is 1.76 bits per heavy atom. The van der Waals surface area contributed by atoms with Crippen LogP contribution in [0.3, 0.4) is 0 Å². The number of hydrogen-bond acceptors (Lipinski definition) is 3. The minimum atomic E-state index is -3.40. The Balaban J connectivity index is 2.09. The Labute approximate surface area is 126 Å². The number of rotatable bonds is 6. The maximum atomic E-state index is 11.8. The molecule has 0 fully saturated rings. The zero-order chi connectivity index (χ0) is 15.3. The molecule has 0 amide bonds. The van der Waals surface area contributed by atoms with Crippen molar-refractivity contribution in [3.8, 4) is 0 Å². The second-order valence-electron chi connectivity index (χ2n) is 4.87. The molecule has 2 rings (SSSR count). The second-order valence-corrected chi connectivity index (χ2v) is 6.75. The summed E-state index contributed by atoms with van der Waals surface area (Å²) in [5, 5.41) is 3.40. The molecule has 0 bridgehead atoms. The van der Waals surface area contributed by atoms with Crippen LogP contribution in [0.4, 0.5) is 0 Å². The summed E-state index contributed by atoms with van der Waals surface area (Å²) in [6, 6.07) is 17.2. The first-order valence-corrected chi connectivity index (χ1v) is 8.32. The lowest BCUT2D eigenvalue weighted by Gasteiger charge is -2.15. The first-order chi connectivity index (χ1) is 10.0.